The Morgan fingerprint density at radius 2 is 2.12 bits per heavy atom. The lowest BCUT2D eigenvalue weighted by Crippen LogP contribution is -2.24. The van der Waals surface area contributed by atoms with Crippen LogP contribution in [0, 0.1) is 0 Å². The van der Waals surface area contributed by atoms with E-state index in [0.717, 1.165) is 15.9 Å². The highest BCUT2D eigenvalue weighted by Crippen LogP contribution is 2.29. The van der Waals surface area contributed by atoms with Gasteiger partial charge >= 0.3 is 0 Å². The number of methoxy groups -OCH3 is 1. The van der Waals surface area contributed by atoms with Gasteiger partial charge in [-0.3, -0.25) is 0 Å². The van der Waals surface area contributed by atoms with Gasteiger partial charge in [0.25, 0.3) is 0 Å². The molecular weight excluding hydrogens is 286 g/mol. The average molecular weight is 302 g/mol. The van der Waals surface area contributed by atoms with Crippen molar-refractivity contribution >= 4 is 33.4 Å². The lowest BCUT2D eigenvalue weighted by molar-refractivity contribution is 0.412. The van der Waals surface area contributed by atoms with Gasteiger partial charge in [-0.05, 0) is 52.4 Å². The summed E-state index contributed by atoms with van der Waals surface area (Å²) in [5, 5.41) is 3.57. The Morgan fingerprint density at radius 3 is 2.81 bits per heavy atom. The van der Waals surface area contributed by atoms with Crippen molar-refractivity contribution in [3.8, 4) is 5.75 Å². The number of anilines is 1. The minimum Gasteiger partial charge on any atom is -0.495 e. The first-order valence-corrected chi connectivity index (χ1v) is 7.42. The molecule has 1 saturated heterocycles. The number of nitrogens with one attached hydrogen (secondary N) is 1. The highest BCUT2D eigenvalue weighted by Gasteiger charge is 2.13. The Hall–Kier alpha value is -0.350. The molecule has 88 valence electrons. The predicted molar refractivity (Wildman–Crippen MR) is 74.7 cm³/mol. The summed E-state index contributed by atoms with van der Waals surface area (Å²) < 4.78 is 6.28. The molecule has 1 aliphatic rings. The van der Waals surface area contributed by atoms with Crippen LogP contribution in [0.25, 0.3) is 0 Å². The first-order valence-electron chi connectivity index (χ1n) is 5.47. The van der Waals surface area contributed by atoms with E-state index in [1.807, 2.05) is 23.9 Å². The average Bonchev–Trinajstić information content (AvgIpc) is 2.33. The third kappa shape index (κ3) is 3.08. The van der Waals surface area contributed by atoms with Gasteiger partial charge in [-0.25, -0.2) is 0 Å². The van der Waals surface area contributed by atoms with Crippen molar-refractivity contribution in [3.05, 3.63) is 22.7 Å². The molecule has 2 nitrogen and oxygen atoms in total. The van der Waals surface area contributed by atoms with Crippen molar-refractivity contribution in [3.63, 3.8) is 0 Å². The Kier molecular flexibility index (Phi) is 4.41. The maximum atomic E-state index is 5.28. The summed E-state index contributed by atoms with van der Waals surface area (Å²) in [6, 6.07) is 6.78. The summed E-state index contributed by atoms with van der Waals surface area (Å²) in [6.07, 6.45) is 2.51. The first kappa shape index (κ1) is 12.1. The van der Waals surface area contributed by atoms with Gasteiger partial charge in [-0.15, -0.1) is 0 Å². The molecule has 16 heavy (non-hydrogen) atoms. The second-order valence-corrected chi connectivity index (χ2v) is 5.96. The maximum Gasteiger partial charge on any atom is 0.135 e. The fourth-order valence-electron chi connectivity index (χ4n) is 1.83. The summed E-state index contributed by atoms with van der Waals surface area (Å²) in [7, 11) is 1.70. The molecule has 1 aromatic rings. The van der Waals surface area contributed by atoms with Gasteiger partial charge in [0.05, 0.1) is 11.6 Å². The second-order valence-electron chi connectivity index (χ2n) is 3.88. The van der Waals surface area contributed by atoms with E-state index < -0.39 is 0 Å². The van der Waals surface area contributed by atoms with Crippen LogP contribution >= 0.6 is 27.7 Å². The monoisotopic (exact) mass is 301 g/mol. The van der Waals surface area contributed by atoms with Gasteiger partial charge in [0.15, 0.2) is 0 Å². The highest BCUT2D eigenvalue weighted by atomic mass is 79.9. The van der Waals surface area contributed by atoms with E-state index in [4.69, 9.17) is 4.74 Å². The summed E-state index contributed by atoms with van der Waals surface area (Å²) in [5.41, 5.74) is 1.15. The highest BCUT2D eigenvalue weighted by molar-refractivity contribution is 9.10. The summed E-state index contributed by atoms with van der Waals surface area (Å²) >= 11 is 5.51. The number of rotatable bonds is 3. The second kappa shape index (κ2) is 5.82. The number of benzene rings is 1. The standard InChI is InChI=1S/C12H16BrNOS/c1-15-12-8-10(2-3-11(12)13)14-9-4-6-16-7-5-9/h2-3,8-9,14H,4-7H2,1H3. The molecule has 0 unspecified atom stereocenters. The molecule has 0 amide bonds. The number of thioether (sulfide) groups is 1. The van der Waals surface area contributed by atoms with Crippen LogP contribution in [-0.2, 0) is 0 Å². The Morgan fingerprint density at radius 1 is 1.38 bits per heavy atom. The molecule has 1 N–H and O–H groups in total. The van der Waals surface area contributed by atoms with Gasteiger partial charge in [0, 0.05) is 17.8 Å². The lowest BCUT2D eigenvalue weighted by Gasteiger charge is -2.23. The smallest absolute Gasteiger partial charge is 0.135 e. The molecule has 1 aromatic carbocycles. The number of ether oxygens (including phenoxy) is 1. The van der Waals surface area contributed by atoms with E-state index in [1.54, 1.807) is 7.11 Å². The van der Waals surface area contributed by atoms with Crippen LogP contribution in [0.5, 0.6) is 5.75 Å². The van der Waals surface area contributed by atoms with Gasteiger partial charge < -0.3 is 10.1 Å². The van der Waals surface area contributed by atoms with E-state index in [-0.39, 0.29) is 0 Å². The van der Waals surface area contributed by atoms with E-state index >= 15 is 0 Å². The Bertz CT molecular complexity index is 353. The van der Waals surface area contributed by atoms with Crippen LogP contribution in [0.4, 0.5) is 5.69 Å². The summed E-state index contributed by atoms with van der Waals surface area (Å²) in [6.45, 7) is 0. The van der Waals surface area contributed by atoms with Crippen molar-refractivity contribution in [2.75, 3.05) is 23.9 Å². The fourth-order valence-corrected chi connectivity index (χ4v) is 3.34. The Labute approximate surface area is 109 Å². The van der Waals surface area contributed by atoms with Crippen molar-refractivity contribution in [2.45, 2.75) is 18.9 Å². The molecule has 1 heterocycles. The van der Waals surface area contributed by atoms with Crippen molar-refractivity contribution < 1.29 is 4.74 Å². The van der Waals surface area contributed by atoms with E-state index in [2.05, 4.69) is 27.3 Å². The van der Waals surface area contributed by atoms with E-state index in [1.165, 1.54) is 24.3 Å². The number of halogens is 1. The molecule has 1 aliphatic heterocycles. The third-order valence-electron chi connectivity index (χ3n) is 2.74. The fraction of sp³-hybridized carbons (Fsp3) is 0.500. The minimum absolute atomic E-state index is 0.618. The minimum atomic E-state index is 0.618. The molecule has 0 saturated carbocycles. The molecule has 0 atom stereocenters. The molecule has 4 heteroatoms. The van der Waals surface area contributed by atoms with Gasteiger partial charge in [0.1, 0.15) is 5.75 Å². The Balaban J connectivity index is 2.03. The largest absolute Gasteiger partial charge is 0.495 e. The van der Waals surface area contributed by atoms with Crippen molar-refractivity contribution in [1.29, 1.82) is 0 Å². The molecule has 0 aromatic heterocycles. The van der Waals surface area contributed by atoms with Crippen LogP contribution in [0.3, 0.4) is 0 Å². The van der Waals surface area contributed by atoms with Crippen LogP contribution < -0.4 is 10.1 Å². The molecule has 0 bridgehead atoms. The van der Waals surface area contributed by atoms with Crippen LogP contribution in [0.1, 0.15) is 12.8 Å². The van der Waals surface area contributed by atoms with Crippen LogP contribution in [-0.4, -0.2) is 24.7 Å². The maximum absolute atomic E-state index is 5.28. The third-order valence-corrected chi connectivity index (χ3v) is 4.45. The van der Waals surface area contributed by atoms with Crippen LogP contribution in [0.2, 0.25) is 0 Å². The summed E-state index contributed by atoms with van der Waals surface area (Å²) in [4.78, 5) is 0. The van der Waals surface area contributed by atoms with E-state index in [9.17, 15) is 0 Å². The zero-order valence-electron chi connectivity index (χ0n) is 9.33. The molecule has 0 spiro atoms. The van der Waals surface area contributed by atoms with Crippen LogP contribution in [0.15, 0.2) is 22.7 Å². The van der Waals surface area contributed by atoms with Gasteiger partial charge in [-0.2, -0.15) is 11.8 Å². The molecule has 1 fully saturated rings. The number of hydrogen-bond acceptors (Lipinski definition) is 3. The SMILES string of the molecule is COc1cc(NC2CCSCC2)ccc1Br. The quantitative estimate of drug-likeness (QED) is 0.918. The van der Waals surface area contributed by atoms with Crippen molar-refractivity contribution in [2.24, 2.45) is 0 Å². The van der Waals surface area contributed by atoms with Gasteiger partial charge in [-0.1, -0.05) is 0 Å². The molecule has 0 aliphatic carbocycles. The predicted octanol–water partition coefficient (Wildman–Crippen LogP) is 3.77. The zero-order valence-corrected chi connectivity index (χ0v) is 11.7. The molecular formula is C12H16BrNOS. The molecule has 0 radical (unpaired) electrons. The molecule has 2 rings (SSSR count). The first-order chi connectivity index (χ1) is 7.79. The van der Waals surface area contributed by atoms with E-state index in [0.29, 0.717) is 6.04 Å². The summed E-state index contributed by atoms with van der Waals surface area (Å²) in [5.74, 6) is 3.42. The van der Waals surface area contributed by atoms with Gasteiger partial charge in [0.2, 0.25) is 0 Å². The normalized spacial score (nSPS) is 17.1. The van der Waals surface area contributed by atoms with Crippen molar-refractivity contribution in [1.82, 2.24) is 0 Å². The number of hydrogen-bond donors (Lipinski definition) is 1. The topological polar surface area (TPSA) is 21.3 Å². The lowest BCUT2D eigenvalue weighted by atomic mass is 10.1. The zero-order chi connectivity index (χ0) is 11.4.